The van der Waals surface area contributed by atoms with Crippen LogP contribution in [0.5, 0.6) is 0 Å². The van der Waals surface area contributed by atoms with Crippen LogP contribution < -0.4 is 10.6 Å². The van der Waals surface area contributed by atoms with E-state index in [0.29, 0.717) is 0 Å². The molecule has 0 aliphatic heterocycles. The molecule has 0 saturated carbocycles. The van der Waals surface area contributed by atoms with Crippen LogP contribution in [-0.4, -0.2) is 32.7 Å². The van der Waals surface area contributed by atoms with Gasteiger partial charge in [-0.2, -0.15) is 13.2 Å². The van der Waals surface area contributed by atoms with Gasteiger partial charge >= 0.3 is 12.1 Å². The molecule has 0 aliphatic rings. The van der Waals surface area contributed by atoms with Crippen molar-refractivity contribution in [2.45, 2.75) is 18.0 Å². The van der Waals surface area contributed by atoms with Gasteiger partial charge in [-0.1, -0.05) is 0 Å². The normalized spacial score (nSPS) is 11.9. The average Bonchev–Trinajstić information content (AvgIpc) is 2.27. The number of sulfone groups is 1. The van der Waals surface area contributed by atoms with Crippen molar-refractivity contribution < 1.29 is 31.2 Å². The zero-order valence-corrected chi connectivity index (χ0v) is 11.7. The van der Waals surface area contributed by atoms with Gasteiger partial charge in [0.05, 0.1) is 16.3 Å². The summed E-state index contributed by atoms with van der Waals surface area (Å²) in [4.78, 5) is 21.7. The van der Waals surface area contributed by atoms with E-state index >= 15 is 0 Å². The lowest BCUT2D eigenvalue weighted by molar-refractivity contribution is -0.167. The number of benzene rings is 1. The maximum Gasteiger partial charge on any atom is 0.471 e. The second kappa shape index (κ2) is 5.72. The highest BCUT2D eigenvalue weighted by Crippen LogP contribution is 2.27. The minimum absolute atomic E-state index is 0.212. The quantitative estimate of drug-likeness (QED) is 0.882. The zero-order chi connectivity index (χ0) is 16.4. The number of alkyl halides is 3. The molecule has 0 saturated heterocycles. The van der Waals surface area contributed by atoms with E-state index in [-0.39, 0.29) is 16.3 Å². The lowest BCUT2D eigenvalue weighted by atomic mass is 10.2. The molecular formula is C11H11F3N2O4S. The Morgan fingerprint density at radius 1 is 1.10 bits per heavy atom. The molecule has 0 atom stereocenters. The molecule has 0 radical (unpaired) electrons. The fourth-order valence-corrected chi connectivity index (χ4v) is 2.00. The summed E-state index contributed by atoms with van der Waals surface area (Å²) in [5, 5.41) is 3.72. The van der Waals surface area contributed by atoms with Crippen LogP contribution in [0.3, 0.4) is 0 Å². The second-order valence-corrected chi connectivity index (χ2v) is 6.13. The summed E-state index contributed by atoms with van der Waals surface area (Å²) in [6, 6.07) is 2.95. The van der Waals surface area contributed by atoms with E-state index in [1.54, 1.807) is 5.32 Å². The third-order valence-electron chi connectivity index (χ3n) is 2.24. The number of carbonyl (C=O) groups is 2. The summed E-state index contributed by atoms with van der Waals surface area (Å²) in [6.07, 6.45) is -4.21. The van der Waals surface area contributed by atoms with Gasteiger partial charge in [0.25, 0.3) is 0 Å². The Hall–Kier alpha value is -2.10. The minimum Gasteiger partial charge on any atom is -0.324 e. The molecule has 0 unspecified atom stereocenters. The minimum atomic E-state index is -5.11. The van der Waals surface area contributed by atoms with Crippen LogP contribution in [0.25, 0.3) is 0 Å². The topological polar surface area (TPSA) is 92.3 Å². The summed E-state index contributed by atoms with van der Waals surface area (Å²) in [7, 11) is -3.62. The van der Waals surface area contributed by atoms with E-state index in [1.807, 2.05) is 0 Å². The van der Waals surface area contributed by atoms with E-state index in [9.17, 15) is 31.2 Å². The number of amides is 2. The van der Waals surface area contributed by atoms with Gasteiger partial charge in [-0.25, -0.2) is 8.42 Å². The largest absolute Gasteiger partial charge is 0.471 e. The summed E-state index contributed by atoms with van der Waals surface area (Å²) in [5.74, 6) is -2.87. The third-order valence-corrected chi connectivity index (χ3v) is 3.35. The lowest BCUT2D eigenvalue weighted by Crippen LogP contribution is -2.30. The molecule has 1 aromatic rings. The van der Waals surface area contributed by atoms with Gasteiger partial charge < -0.3 is 10.6 Å². The molecular weight excluding hydrogens is 313 g/mol. The lowest BCUT2D eigenvalue weighted by Gasteiger charge is -2.13. The van der Waals surface area contributed by atoms with Gasteiger partial charge in [-0.15, -0.1) is 0 Å². The number of halogens is 3. The summed E-state index contributed by atoms with van der Waals surface area (Å²) >= 11 is 0. The van der Waals surface area contributed by atoms with Crippen molar-refractivity contribution in [2.24, 2.45) is 0 Å². The Kier molecular flexibility index (Phi) is 4.62. The van der Waals surface area contributed by atoms with Crippen LogP contribution in [-0.2, 0) is 19.4 Å². The molecule has 2 amide bonds. The van der Waals surface area contributed by atoms with Crippen LogP contribution in [0.2, 0.25) is 0 Å². The van der Waals surface area contributed by atoms with Crippen molar-refractivity contribution in [1.82, 2.24) is 0 Å². The van der Waals surface area contributed by atoms with Crippen molar-refractivity contribution in [2.75, 3.05) is 16.9 Å². The fourth-order valence-electron chi connectivity index (χ4n) is 1.35. The first-order valence-electron chi connectivity index (χ1n) is 5.41. The monoisotopic (exact) mass is 324 g/mol. The number of hydrogen-bond donors (Lipinski definition) is 2. The zero-order valence-electron chi connectivity index (χ0n) is 10.9. The van der Waals surface area contributed by atoms with E-state index in [0.717, 1.165) is 31.4 Å². The Balaban J connectivity index is 3.26. The highest BCUT2D eigenvalue weighted by molar-refractivity contribution is 7.90. The molecule has 0 heterocycles. The smallest absolute Gasteiger partial charge is 0.324 e. The number of carbonyl (C=O) groups excluding carboxylic acids is 2. The predicted molar refractivity (Wildman–Crippen MR) is 68.5 cm³/mol. The maximum absolute atomic E-state index is 12.2. The second-order valence-electron chi connectivity index (χ2n) is 4.11. The summed E-state index contributed by atoms with van der Waals surface area (Å²) in [6.45, 7) is 1.09. The average molecular weight is 324 g/mol. The van der Waals surface area contributed by atoms with E-state index in [4.69, 9.17) is 0 Å². The fraction of sp³-hybridized carbons (Fsp3) is 0.273. The Labute approximate surface area is 118 Å². The van der Waals surface area contributed by atoms with Gasteiger partial charge in [0, 0.05) is 13.2 Å². The molecule has 21 heavy (non-hydrogen) atoms. The molecule has 10 heteroatoms. The first-order chi connectivity index (χ1) is 9.41. The molecule has 0 bridgehead atoms. The Morgan fingerprint density at radius 2 is 1.67 bits per heavy atom. The van der Waals surface area contributed by atoms with Crippen molar-refractivity contribution in [3.05, 3.63) is 18.2 Å². The van der Waals surface area contributed by atoms with Crippen molar-refractivity contribution in [3.8, 4) is 0 Å². The number of hydrogen-bond acceptors (Lipinski definition) is 4. The van der Waals surface area contributed by atoms with Crippen LogP contribution >= 0.6 is 0 Å². The van der Waals surface area contributed by atoms with Gasteiger partial charge in [0.2, 0.25) is 5.91 Å². The van der Waals surface area contributed by atoms with Gasteiger partial charge in [0.1, 0.15) is 0 Å². The standard InChI is InChI=1S/C11H11F3N2O4S/c1-6(17)15-9-5-7(21(2,19)20)3-4-8(9)16-10(18)11(12,13)14/h3-5H,1-2H3,(H,15,17)(H,16,18). The van der Waals surface area contributed by atoms with E-state index in [1.165, 1.54) is 0 Å². The highest BCUT2D eigenvalue weighted by atomic mass is 32.2. The molecule has 116 valence electrons. The molecule has 1 aromatic carbocycles. The molecule has 2 N–H and O–H groups in total. The predicted octanol–water partition coefficient (Wildman–Crippen LogP) is 1.55. The Morgan fingerprint density at radius 3 is 2.10 bits per heavy atom. The number of rotatable bonds is 3. The van der Waals surface area contributed by atoms with E-state index in [2.05, 4.69) is 5.32 Å². The number of nitrogens with one attached hydrogen (secondary N) is 2. The Bertz CT molecular complexity index is 683. The molecule has 0 spiro atoms. The summed E-state index contributed by atoms with van der Waals surface area (Å²) in [5.41, 5.74) is -0.608. The molecule has 6 nitrogen and oxygen atoms in total. The molecule has 0 fully saturated rings. The van der Waals surface area contributed by atoms with Crippen LogP contribution in [0.1, 0.15) is 6.92 Å². The third kappa shape index (κ3) is 4.74. The first kappa shape index (κ1) is 17.0. The molecule has 0 aliphatic carbocycles. The van der Waals surface area contributed by atoms with Gasteiger partial charge in [-0.3, -0.25) is 9.59 Å². The van der Waals surface area contributed by atoms with E-state index < -0.39 is 27.8 Å². The first-order valence-corrected chi connectivity index (χ1v) is 7.30. The van der Waals surface area contributed by atoms with Crippen LogP contribution in [0.4, 0.5) is 24.5 Å². The maximum atomic E-state index is 12.2. The molecule has 1 rings (SSSR count). The van der Waals surface area contributed by atoms with Crippen LogP contribution in [0, 0.1) is 0 Å². The SMILES string of the molecule is CC(=O)Nc1cc(S(C)(=O)=O)ccc1NC(=O)C(F)(F)F. The van der Waals surface area contributed by atoms with Gasteiger partial charge in [-0.05, 0) is 18.2 Å². The van der Waals surface area contributed by atoms with Crippen molar-refractivity contribution >= 4 is 33.0 Å². The summed E-state index contributed by atoms with van der Waals surface area (Å²) < 4.78 is 59.4. The van der Waals surface area contributed by atoms with Crippen molar-refractivity contribution in [1.29, 1.82) is 0 Å². The highest BCUT2D eigenvalue weighted by Gasteiger charge is 2.39. The molecule has 0 aromatic heterocycles. The van der Waals surface area contributed by atoms with Crippen LogP contribution in [0.15, 0.2) is 23.1 Å². The van der Waals surface area contributed by atoms with Gasteiger partial charge in [0.15, 0.2) is 9.84 Å². The van der Waals surface area contributed by atoms with Crippen molar-refractivity contribution in [3.63, 3.8) is 0 Å². The number of anilines is 2.